The Bertz CT molecular complexity index is 466. The van der Waals surface area contributed by atoms with E-state index < -0.39 is 17.3 Å². The molecule has 0 aromatic heterocycles. The van der Waals surface area contributed by atoms with Gasteiger partial charge in [0.1, 0.15) is 17.3 Å². The van der Waals surface area contributed by atoms with E-state index in [-0.39, 0.29) is 6.61 Å². The highest BCUT2D eigenvalue weighted by atomic mass is 79.9. The summed E-state index contributed by atoms with van der Waals surface area (Å²) in [6.45, 7) is 0.616. The number of hydrogen-bond acceptors (Lipinski definition) is 3. The summed E-state index contributed by atoms with van der Waals surface area (Å²) in [6.07, 6.45) is -0.603. The van der Waals surface area contributed by atoms with Crippen LogP contribution in [0.3, 0.4) is 0 Å². The van der Waals surface area contributed by atoms with Gasteiger partial charge in [0.2, 0.25) is 0 Å². The molecule has 1 aromatic carbocycles. The second-order valence-corrected chi connectivity index (χ2v) is 4.99. The molecule has 2 atom stereocenters. The first-order valence-electron chi connectivity index (χ1n) is 5.21. The van der Waals surface area contributed by atoms with Gasteiger partial charge >= 0.3 is 0 Å². The molecule has 1 heterocycles. The van der Waals surface area contributed by atoms with Crippen LogP contribution in [0.1, 0.15) is 18.1 Å². The molecule has 2 rings (SSSR count). The van der Waals surface area contributed by atoms with E-state index in [1.807, 2.05) is 0 Å². The third-order valence-electron chi connectivity index (χ3n) is 3.05. The lowest BCUT2D eigenvalue weighted by Gasteiger charge is -2.26. The van der Waals surface area contributed by atoms with Crippen LogP contribution in [0.25, 0.3) is 0 Å². The first kappa shape index (κ1) is 12.5. The molecule has 1 aliphatic rings. The van der Waals surface area contributed by atoms with Crippen LogP contribution in [0.5, 0.6) is 0 Å². The third kappa shape index (κ3) is 2.21. The van der Waals surface area contributed by atoms with Crippen LogP contribution in [-0.2, 0) is 4.74 Å². The fraction of sp³-hybridized carbons (Fsp3) is 0.417. The summed E-state index contributed by atoms with van der Waals surface area (Å²) in [5, 5.41) is 19.5. The van der Waals surface area contributed by atoms with Crippen LogP contribution in [0.4, 0.5) is 4.39 Å². The zero-order valence-corrected chi connectivity index (χ0v) is 10.6. The molecule has 2 unspecified atom stereocenters. The Morgan fingerprint density at radius 2 is 2.35 bits per heavy atom. The average molecular weight is 300 g/mol. The maximum atomic E-state index is 13.2. The van der Waals surface area contributed by atoms with E-state index in [0.29, 0.717) is 23.1 Å². The number of aliphatic hydroxyl groups is 1. The summed E-state index contributed by atoms with van der Waals surface area (Å²) in [5.74, 6) is -0.436. The summed E-state index contributed by atoms with van der Waals surface area (Å²) in [6, 6.07) is 6.17. The minimum Gasteiger partial charge on any atom is -0.387 e. The number of rotatable bonds is 2. The van der Waals surface area contributed by atoms with Gasteiger partial charge in [0.15, 0.2) is 0 Å². The molecule has 1 N–H and O–H groups in total. The van der Waals surface area contributed by atoms with Crippen molar-refractivity contribution in [3.63, 3.8) is 0 Å². The smallest absolute Gasteiger partial charge is 0.123 e. The summed E-state index contributed by atoms with van der Waals surface area (Å²) in [5.41, 5.74) is -0.590. The monoisotopic (exact) mass is 299 g/mol. The van der Waals surface area contributed by atoms with Crippen molar-refractivity contribution in [2.45, 2.75) is 12.5 Å². The number of nitrogens with zero attached hydrogens (tertiary/aromatic N) is 1. The summed E-state index contributed by atoms with van der Waals surface area (Å²) < 4.78 is 18.9. The Kier molecular flexibility index (Phi) is 3.48. The predicted molar refractivity (Wildman–Crippen MR) is 62.5 cm³/mol. The molecule has 0 bridgehead atoms. The van der Waals surface area contributed by atoms with Gasteiger partial charge in [0, 0.05) is 11.1 Å². The number of ether oxygens (including phenoxy) is 1. The SMILES string of the molecule is N#CC1(C(O)c2cc(F)ccc2Br)CCOC1. The van der Waals surface area contributed by atoms with Crippen LogP contribution in [-0.4, -0.2) is 18.3 Å². The zero-order valence-electron chi connectivity index (χ0n) is 8.99. The van der Waals surface area contributed by atoms with Crippen molar-refractivity contribution in [2.24, 2.45) is 5.41 Å². The fourth-order valence-electron chi connectivity index (χ4n) is 1.97. The van der Waals surface area contributed by atoms with Gasteiger partial charge < -0.3 is 9.84 Å². The lowest BCUT2D eigenvalue weighted by molar-refractivity contribution is 0.0497. The number of benzene rings is 1. The van der Waals surface area contributed by atoms with Crippen LogP contribution < -0.4 is 0 Å². The van der Waals surface area contributed by atoms with Gasteiger partial charge in [-0.25, -0.2) is 4.39 Å². The van der Waals surface area contributed by atoms with Gasteiger partial charge in [-0.3, -0.25) is 0 Å². The lowest BCUT2D eigenvalue weighted by Crippen LogP contribution is -2.28. The van der Waals surface area contributed by atoms with Crippen LogP contribution >= 0.6 is 15.9 Å². The molecule has 1 aliphatic heterocycles. The van der Waals surface area contributed by atoms with Crippen LogP contribution in [0.15, 0.2) is 22.7 Å². The molecule has 1 saturated heterocycles. The second-order valence-electron chi connectivity index (χ2n) is 4.14. The second kappa shape index (κ2) is 4.73. The van der Waals surface area contributed by atoms with Crippen molar-refractivity contribution in [3.8, 4) is 6.07 Å². The molecule has 0 radical (unpaired) electrons. The van der Waals surface area contributed by atoms with Crippen molar-refractivity contribution in [1.29, 1.82) is 5.26 Å². The van der Waals surface area contributed by atoms with Gasteiger partial charge in [-0.15, -0.1) is 0 Å². The number of nitriles is 1. The maximum absolute atomic E-state index is 13.2. The molecule has 17 heavy (non-hydrogen) atoms. The highest BCUT2D eigenvalue weighted by Gasteiger charge is 2.43. The molecule has 1 fully saturated rings. The van der Waals surface area contributed by atoms with Crippen molar-refractivity contribution >= 4 is 15.9 Å². The first-order valence-corrected chi connectivity index (χ1v) is 6.00. The van der Waals surface area contributed by atoms with Gasteiger partial charge in [-0.1, -0.05) is 15.9 Å². The fourth-order valence-corrected chi connectivity index (χ4v) is 2.43. The van der Waals surface area contributed by atoms with E-state index in [2.05, 4.69) is 22.0 Å². The van der Waals surface area contributed by atoms with Crippen molar-refractivity contribution in [3.05, 3.63) is 34.1 Å². The normalized spacial score (nSPS) is 25.5. The zero-order chi connectivity index (χ0) is 12.5. The molecule has 3 nitrogen and oxygen atoms in total. The number of halogens is 2. The lowest BCUT2D eigenvalue weighted by atomic mass is 9.79. The summed E-state index contributed by atoms with van der Waals surface area (Å²) in [7, 11) is 0. The highest BCUT2D eigenvalue weighted by Crippen LogP contribution is 2.42. The standard InChI is InChI=1S/C12H11BrFNO2/c13-10-2-1-8(14)5-9(10)11(16)12(6-15)3-4-17-7-12/h1-2,5,11,16H,3-4,7H2. The van der Waals surface area contributed by atoms with Crippen LogP contribution in [0.2, 0.25) is 0 Å². The molecule has 0 saturated carbocycles. The van der Waals surface area contributed by atoms with E-state index in [1.165, 1.54) is 18.2 Å². The summed E-state index contributed by atoms with van der Waals surface area (Å²) >= 11 is 3.25. The van der Waals surface area contributed by atoms with E-state index in [1.54, 1.807) is 0 Å². The molecular weight excluding hydrogens is 289 g/mol. The average Bonchev–Trinajstić information content (AvgIpc) is 2.81. The van der Waals surface area contributed by atoms with Crippen molar-refractivity contribution in [2.75, 3.05) is 13.2 Å². The van der Waals surface area contributed by atoms with Crippen LogP contribution in [0, 0.1) is 22.6 Å². The minimum atomic E-state index is -1.06. The molecule has 5 heteroatoms. The Morgan fingerprint density at radius 1 is 1.59 bits per heavy atom. The predicted octanol–water partition coefficient (Wildman–Crippen LogP) is 2.55. The minimum absolute atomic E-state index is 0.174. The molecule has 0 spiro atoms. The number of hydrogen-bond donors (Lipinski definition) is 1. The first-order chi connectivity index (χ1) is 8.09. The largest absolute Gasteiger partial charge is 0.387 e. The van der Waals surface area contributed by atoms with Crippen molar-refractivity contribution < 1.29 is 14.2 Å². The number of aliphatic hydroxyl groups excluding tert-OH is 1. The van der Waals surface area contributed by atoms with Gasteiger partial charge in [0.25, 0.3) is 0 Å². The molecular formula is C12H11BrFNO2. The maximum Gasteiger partial charge on any atom is 0.123 e. The Hall–Kier alpha value is -0.960. The molecule has 1 aromatic rings. The van der Waals surface area contributed by atoms with E-state index in [4.69, 9.17) is 4.74 Å². The topological polar surface area (TPSA) is 53.2 Å². The van der Waals surface area contributed by atoms with Gasteiger partial charge in [-0.2, -0.15) is 5.26 Å². The van der Waals surface area contributed by atoms with Crippen molar-refractivity contribution in [1.82, 2.24) is 0 Å². The van der Waals surface area contributed by atoms with E-state index >= 15 is 0 Å². The highest BCUT2D eigenvalue weighted by molar-refractivity contribution is 9.10. The Labute approximate surface area is 107 Å². The van der Waals surface area contributed by atoms with Gasteiger partial charge in [-0.05, 0) is 30.2 Å². The summed E-state index contributed by atoms with van der Waals surface area (Å²) in [4.78, 5) is 0. The Morgan fingerprint density at radius 3 is 2.94 bits per heavy atom. The molecule has 0 aliphatic carbocycles. The van der Waals surface area contributed by atoms with E-state index in [0.717, 1.165) is 0 Å². The third-order valence-corrected chi connectivity index (χ3v) is 3.77. The van der Waals surface area contributed by atoms with Gasteiger partial charge in [0.05, 0.1) is 12.7 Å². The molecule has 90 valence electrons. The molecule has 0 amide bonds. The van der Waals surface area contributed by atoms with E-state index in [9.17, 15) is 14.8 Å². The Balaban J connectivity index is 2.39. The quantitative estimate of drug-likeness (QED) is 0.913.